The standard InChI is InChI=1S/C23H24N2/c1-15(2)9-18-5-8-22-19(13-18)6-7-21-14-24-23(25(21)22)20-11-16(3)10-17(4)12-20/h5-8,10-15H,9H2,1-4H3. The van der Waals surface area contributed by atoms with Gasteiger partial charge in [-0.3, -0.25) is 4.40 Å². The molecule has 0 unspecified atom stereocenters. The van der Waals surface area contributed by atoms with Crippen LogP contribution >= 0.6 is 0 Å². The lowest BCUT2D eigenvalue weighted by Gasteiger charge is -2.10. The van der Waals surface area contributed by atoms with Gasteiger partial charge in [0, 0.05) is 5.56 Å². The molecule has 25 heavy (non-hydrogen) atoms. The van der Waals surface area contributed by atoms with Gasteiger partial charge >= 0.3 is 0 Å². The molecule has 0 aliphatic heterocycles. The van der Waals surface area contributed by atoms with Crippen LogP contribution in [0.25, 0.3) is 27.8 Å². The van der Waals surface area contributed by atoms with E-state index in [0.717, 1.165) is 17.8 Å². The van der Waals surface area contributed by atoms with Gasteiger partial charge in [-0.25, -0.2) is 4.98 Å². The Morgan fingerprint density at radius 1 is 0.920 bits per heavy atom. The predicted octanol–water partition coefficient (Wildman–Crippen LogP) is 5.97. The van der Waals surface area contributed by atoms with Crippen LogP contribution in [-0.2, 0) is 6.42 Å². The number of imidazole rings is 1. The zero-order chi connectivity index (χ0) is 17.6. The number of hydrogen-bond donors (Lipinski definition) is 0. The largest absolute Gasteiger partial charge is 0.292 e. The van der Waals surface area contributed by atoms with Crippen LogP contribution in [0.5, 0.6) is 0 Å². The normalized spacial score (nSPS) is 11.7. The van der Waals surface area contributed by atoms with Crippen LogP contribution in [0, 0.1) is 19.8 Å². The van der Waals surface area contributed by atoms with E-state index in [4.69, 9.17) is 4.98 Å². The van der Waals surface area contributed by atoms with Gasteiger partial charge in [-0.05, 0) is 67.5 Å². The average molecular weight is 328 g/mol. The summed E-state index contributed by atoms with van der Waals surface area (Å²) in [7, 11) is 0. The first-order valence-corrected chi connectivity index (χ1v) is 8.99. The first-order chi connectivity index (χ1) is 12.0. The number of rotatable bonds is 3. The van der Waals surface area contributed by atoms with E-state index in [1.807, 2.05) is 6.20 Å². The van der Waals surface area contributed by atoms with Crippen LogP contribution in [0.3, 0.4) is 0 Å². The van der Waals surface area contributed by atoms with E-state index < -0.39 is 0 Å². The lowest BCUT2D eigenvalue weighted by atomic mass is 10.0. The van der Waals surface area contributed by atoms with Gasteiger partial charge in [-0.1, -0.05) is 43.2 Å². The van der Waals surface area contributed by atoms with E-state index in [-0.39, 0.29) is 0 Å². The SMILES string of the molecule is Cc1cc(C)cc(-c2ncc3ccc4cc(CC(C)C)ccc4n23)c1. The summed E-state index contributed by atoms with van der Waals surface area (Å²) < 4.78 is 2.28. The van der Waals surface area contributed by atoms with Crippen molar-refractivity contribution in [3.05, 3.63) is 71.4 Å². The molecule has 2 heterocycles. The highest BCUT2D eigenvalue weighted by Crippen LogP contribution is 2.27. The van der Waals surface area contributed by atoms with E-state index in [0.29, 0.717) is 5.92 Å². The van der Waals surface area contributed by atoms with Crippen molar-refractivity contribution < 1.29 is 0 Å². The van der Waals surface area contributed by atoms with E-state index in [1.165, 1.54) is 33.2 Å². The van der Waals surface area contributed by atoms with Gasteiger partial charge < -0.3 is 0 Å². The second kappa shape index (κ2) is 6.03. The Balaban J connectivity index is 1.95. The van der Waals surface area contributed by atoms with Crippen molar-refractivity contribution in [2.45, 2.75) is 34.1 Å². The number of nitrogens with zero attached hydrogens (tertiary/aromatic N) is 2. The molecule has 4 rings (SSSR count). The van der Waals surface area contributed by atoms with Crippen LogP contribution in [0.2, 0.25) is 0 Å². The minimum Gasteiger partial charge on any atom is -0.292 e. The Labute approximate surface area is 149 Å². The van der Waals surface area contributed by atoms with Gasteiger partial charge in [-0.2, -0.15) is 0 Å². The van der Waals surface area contributed by atoms with Gasteiger partial charge in [0.25, 0.3) is 0 Å². The molecular weight excluding hydrogens is 304 g/mol. The Hall–Kier alpha value is -2.61. The fourth-order valence-corrected chi connectivity index (χ4v) is 3.76. The molecule has 2 aromatic heterocycles. The molecule has 0 radical (unpaired) electrons. The monoisotopic (exact) mass is 328 g/mol. The summed E-state index contributed by atoms with van der Waals surface area (Å²) in [5.74, 6) is 1.68. The summed E-state index contributed by atoms with van der Waals surface area (Å²) in [6.45, 7) is 8.81. The third-order valence-electron chi connectivity index (χ3n) is 4.68. The number of benzene rings is 2. The van der Waals surface area contributed by atoms with E-state index in [9.17, 15) is 0 Å². The molecule has 0 N–H and O–H groups in total. The lowest BCUT2D eigenvalue weighted by Crippen LogP contribution is -1.96. The van der Waals surface area contributed by atoms with Gasteiger partial charge in [0.15, 0.2) is 0 Å². The van der Waals surface area contributed by atoms with Crippen molar-refractivity contribution in [3.8, 4) is 11.4 Å². The molecular formula is C23H24N2. The Morgan fingerprint density at radius 2 is 1.68 bits per heavy atom. The molecule has 126 valence electrons. The first kappa shape index (κ1) is 15.9. The van der Waals surface area contributed by atoms with Gasteiger partial charge in [0.2, 0.25) is 0 Å². The maximum atomic E-state index is 4.73. The van der Waals surface area contributed by atoms with Crippen molar-refractivity contribution >= 4 is 16.4 Å². The van der Waals surface area contributed by atoms with Crippen molar-refractivity contribution in [1.82, 2.24) is 9.38 Å². The van der Waals surface area contributed by atoms with Gasteiger partial charge in [0.05, 0.1) is 17.2 Å². The summed E-state index contributed by atoms with van der Waals surface area (Å²) in [4.78, 5) is 4.73. The predicted molar refractivity (Wildman–Crippen MR) is 106 cm³/mol. The van der Waals surface area contributed by atoms with E-state index >= 15 is 0 Å². The number of hydrogen-bond acceptors (Lipinski definition) is 1. The lowest BCUT2D eigenvalue weighted by molar-refractivity contribution is 0.648. The van der Waals surface area contributed by atoms with Crippen LogP contribution < -0.4 is 0 Å². The summed E-state index contributed by atoms with van der Waals surface area (Å²) >= 11 is 0. The molecule has 0 spiro atoms. The molecule has 2 nitrogen and oxygen atoms in total. The summed E-state index contributed by atoms with van der Waals surface area (Å²) in [5.41, 5.74) is 7.47. The highest BCUT2D eigenvalue weighted by Gasteiger charge is 2.11. The maximum absolute atomic E-state index is 4.73. The number of fused-ring (bicyclic) bond motifs is 3. The Morgan fingerprint density at radius 3 is 2.40 bits per heavy atom. The fourth-order valence-electron chi connectivity index (χ4n) is 3.76. The molecule has 0 amide bonds. The van der Waals surface area contributed by atoms with Crippen molar-refractivity contribution in [2.75, 3.05) is 0 Å². The van der Waals surface area contributed by atoms with Gasteiger partial charge in [-0.15, -0.1) is 0 Å². The maximum Gasteiger partial charge on any atom is 0.145 e. The zero-order valence-corrected chi connectivity index (χ0v) is 15.4. The molecule has 0 bridgehead atoms. The van der Waals surface area contributed by atoms with Crippen LogP contribution in [0.4, 0.5) is 0 Å². The Kier molecular flexibility index (Phi) is 3.84. The molecule has 2 heteroatoms. The van der Waals surface area contributed by atoms with Crippen LogP contribution in [0.15, 0.2) is 54.7 Å². The third-order valence-corrected chi connectivity index (χ3v) is 4.68. The number of aromatic nitrogens is 2. The highest BCUT2D eigenvalue weighted by atomic mass is 15.0. The van der Waals surface area contributed by atoms with Crippen molar-refractivity contribution in [3.63, 3.8) is 0 Å². The van der Waals surface area contributed by atoms with Crippen molar-refractivity contribution in [1.29, 1.82) is 0 Å². The first-order valence-electron chi connectivity index (χ1n) is 8.99. The fraction of sp³-hybridized carbons (Fsp3) is 0.261. The molecule has 4 aromatic rings. The second-order valence-corrected chi connectivity index (χ2v) is 7.54. The minimum absolute atomic E-state index is 0.667. The molecule has 0 saturated carbocycles. The quantitative estimate of drug-likeness (QED) is 0.453. The molecule has 0 aliphatic rings. The van der Waals surface area contributed by atoms with Gasteiger partial charge in [0.1, 0.15) is 5.82 Å². The molecule has 0 fully saturated rings. The molecule has 0 atom stereocenters. The average Bonchev–Trinajstić information content (AvgIpc) is 2.97. The minimum atomic E-state index is 0.667. The molecule has 2 aromatic carbocycles. The van der Waals surface area contributed by atoms with Crippen LogP contribution in [-0.4, -0.2) is 9.38 Å². The second-order valence-electron chi connectivity index (χ2n) is 7.54. The zero-order valence-electron chi connectivity index (χ0n) is 15.4. The van der Waals surface area contributed by atoms with Crippen LogP contribution in [0.1, 0.15) is 30.5 Å². The molecule has 0 aliphatic carbocycles. The van der Waals surface area contributed by atoms with E-state index in [2.05, 4.69) is 80.6 Å². The Bertz CT molecular complexity index is 1050. The van der Waals surface area contributed by atoms with Crippen molar-refractivity contribution in [2.24, 2.45) is 5.92 Å². The smallest absolute Gasteiger partial charge is 0.145 e. The summed E-state index contributed by atoms with van der Waals surface area (Å²) in [6.07, 6.45) is 3.08. The van der Waals surface area contributed by atoms with E-state index in [1.54, 1.807) is 0 Å². The summed E-state index contributed by atoms with van der Waals surface area (Å²) in [6, 6.07) is 17.8. The number of pyridine rings is 1. The highest BCUT2D eigenvalue weighted by molar-refractivity contribution is 5.85. The molecule has 0 saturated heterocycles. The third kappa shape index (κ3) is 2.93. The topological polar surface area (TPSA) is 17.3 Å². The number of aryl methyl sites for hydroxylation is 2. The summed E-state index contributed by atoms with van der Waals surface area (Å²) in [5, 5.41) is 1.27.